The highest BCUT2D eigenvalue weighted by atomic mass is 16.3. The molecule has 0 saturated heterocycles. The van der Waals surface area contributed by atoms with Crippen molar-refractivity contribution in [2.24, 2.45) is 5.92 Å². The van der Waals surface area contributed by atoms with Crippen molar-refractivity contribution in [3.63, 3.8) is 0 Å². The zero-order chi connectivity index (χ0) is 14.7. The molecule has 0 radical (unpaired) electrons. The summed E-state index contributed by atoms with van der Waals surface area (Å²) < 4.78 is 6.71. The van der Waals surface area contributed by atoms with Crippen molar-refractivity contribution in [1.82, 2.24) is 19.5 Å². The number of furan rings is 1. The smallest absolute Gasteiger partial charge is 0.281 e. The van der Waals surface area contributed by atoms with Gasteiger partial charge in [0.15, 0.2) is 11.2 Å². The number of aliphatic hydroxyl groups is 1. The average molecular weight is 286 g/mol. The fourth-order valence-corrected chi connectivity index (χ4v) is 2.20. The van der Waals surface area contributed by atoms with Gasteiger partial charge in [0, 0.05) is 37.9 Å². The molecule has 0 aliphatic carbocycles. The largest absolute Gasteiger partial charge is 0.469 e. The predicted molar refractivity (Wildman–Crippen MR) is 74.6 cm³/mol. The van der Waals surface area contributed by atoms with Crippen LogP contribution in [0.4, 0.5) is 0 Å². The molecule has 1 N–H and O–H groups in total. The van der Waals surface area contributed by atoms with Crippen LogP contribution >= 0.6 is 0 Å². The Morgan fingerprint density at radius 3 is 2.90 bits per heavy atom. The minimum atomic E-state index is -0.258. The Bertz CT molecular complexity index is 782. The molecule has 3 aromatic rings. The van der Waals surface area contributed by atoms with E-state index in [0.717, 1.165) is 5.76 Å². The van der Waals surface area contributed by atoms with Gasteiger partial charge in [-0.1, -0.05) is 0 Å². The minimum absolute atomic E-state index is 0.0500. The summed E-state index contributed by atoms with van der Waals surface area (Å²) in [4.78, 5) is 24.4. The summed E-state index contributed by atoms with van der Waals surface area (Å²) >= 11 is 0. The predicted octanol–water partition coefficient (Wildman–Crippen LogP) is 0.631. The third-order valence-electron chi connectivity index (χ3n) is 3.24. The summed E-state index contributed by atoms with van der Waals surface area (Å²) in [7, 11) is 0. The van der Waals surface area contributed by atoms with Crippen LogP contribution in [0.5, 0.6) is 0 Å². The Morgan fingerprint density at radius 2 is 2.14 bits per heavy atom. The van der Waals surface area contributed by atoms with Gasteiger partial charge in [-0.2, -0.15) is 0 Å². The van der Waals surface area contributed by atoms with E-state index in [0.29, 0.717) is 18.6 Å². The zero-order valence-corrected chi connectivity index (χ0v) is 11.2. The first-order valence-electron chi connectivity index (χ1n) is 6.57. The molecule has 7 heteroatoms. The number of nitrogens with zero attached hydrogens (tertiary/aromatic N) is 4. The third kappa shape index (κ3) is 2.82. The van der Waals surface area contributed by atoms with Crippen LogP contribution in [0.3, 0.4) is 0 Å². The second-order valence-corrected chi connectivity index (χ2v) is 4.76. The van der Waals surface area contributed by atoms with Crippen molar-refractivity contribution in [1.29, 1.82) is 0 Å². The maximum Gasteiger partial charge on any atom is 0.281 e. The van der Waals surface area contributed by atoms with Crippen molar-refractivity contribution in [3.05, 3.63) is 53.2 Å². The molecule has 3 aromatic heterocycles. The van der Waals surface area contributed by atoms with E-state index in [1.54, 1.807) is 12.3 Å². The second-order valence-electron chi connectivity index (χ2n) is 4.76. The lowest BCUT2D eigenvalue weighted by Crippen LogP contribution is -2.27. The zero-order valence-electron chi connectivity index (χ0n) is 11.2. The molecule has 0 aliphatic heterocycles. The van der Waals surface area contributed by atoms with Crippen LogP contribution in [0, 0.1) is 5.92 Å². The monoisotopic (exact) mass is 286 g/mol. The van der Waals surface area contributed by atoms with E-state index in [1.165, 1.54) is 23.3 Å². The summed E-state index contributed by atoms with van der Waals surface area (Å²) in [5.74, 6) is 0.639. The molecular weight excluding hydrogens is 272 g/mol. The quantitative estimate of drug-likeness (QED) is 0.739. The molecule has 108 valence electrons. The minimum Gasteiger partial charge on any atom is -0.469 e. The molecule has 0 unspecified atom stereocenters. The second kappa shape index (κ2) is 5.84. The van der Waals surface area contributed by atoms with Crippen molar-refractivity contribution < 1.29 is 9.52 Å². The van der Waals surface area contributed by atoms with Crippen LogP contribution in [0.25, 0.3) is 11.2 Å². The van der Waals surface area contributed by atoms with E-state index in [2.05, 4.69) is 15.0 Å². The van der Waals surface area contributed by atoms with Crippen LogP contribution in [-0.2, 0) is 13.0 Å². The molecular formula is C14H14N4O3. The lowest BCUT2D eigenvalue weighted by Gasteiger charge is -2.14. The molecule has 7 nitrogen and oxygen atoms in total. The van der Waals surface area contributed by atoms with E-state index in [4.69, 9.17) is 4.42 Å². The standard InChI is InChI=1S/C14H14N4O3/c19-8-10(6-11-2-1-5-21-11)7-18-9-17-13-12(14(18)20)15-3-4-16-13/h1-5,9-10,19H,6-8H2/t10-/m1/s1. The summed E-state index contributed by atoms with van der Waals surface area (Å²) in [5, 5.41) is 9.48. The first-order chi connectivity index (χ1) is 10.3. The van der Waals surface area contributed by atoms with Crippen molar-refractivity contribution in [2.75, 3.05) is 6.61 Å². The summed E-state index contributed by atoms with van der Waals surface area (Å²) in [6.45, 7) is 0.293. The fourth-order valence-electron chi connectivity index (χ4n) is 2.20. The van der Waals surface area contributed by atoms with Crippen molar-refractivity contribution >= 4 is 11.2 Å². The first-order valence-corrected chi connectivity index (χ1v) is 6.57. The van der Waals surface area contributed by atoms with Crippen molar-refractivity contribution in [2.45, 2.75) is 13.0 Å². The Hall–Kier alpha value is -2.54. The number of hydrogen-bond donors (Lipinski definition) is 1. The van der Waals surface area contributed by atoms with E-state index in [1.807, 2.05) is 6.07 Å². The molecule has 0 aliphatic rings. The van der Waals surface area contributed by atoms with Gasteiger partial charge in [-0.3, -0.25) is 9.36 Å². The molecule has 0 spiro atoms. The highest BCUT2D eigenvalue weighted by Crippen LogP contribution is 2.11. The normalized spacial score (nSPS) is 12.6. The van der Waals surface area contributed by atoms with Gasteiger partial charge in [0.2, 0.25) is 0 Å². The van der Waals surface area contributed by atoms with Crippen LogP contribution in [-0.4, -0.2) is 31.2 Å². The first kappa shape index (κ1) is 13.4. The number of hydrogen-bond acceptors (Lipinski definition) is 6. The van der Waals surface area contributed by atoms with Crippen LogP contribution in [0.2, 0.25) is 0 Å². The Balaban J connectivity index is 1.86. The third-order valence-corrected chi connectivity index (χ3v) is 3.24. The number of aromatic nitrogens is 4. The Morgan fingerprint density at radius 1 is 1.29 bits per heavy atom. The molecule has 0 aromatic carbocycles. The van der Waals surface area contributed by atoms with Gasteiger partial charge in [-0.15, -0.1) is 0 Å². The molecule has 0 fully saturated rings. The molecule has 0 saturated carbocycles. The molecule has 3 heterocycles. The van der Waals surface area contributed by atoms with Gasteiger partial charge in [-0.05, 0) is 12.1 Å². The van der Waals surface area contributed by atoms with Crippen LogP contribution in [0.15, 0.2) is 46.3 Å². The Kier molecular flexibility index (Phi) is 3.74. The molecule has 21 heavy (non-hydrogen) atoms. The molecule has 0 amide bonds. The maximum atomic E-state index is 12.3. The number of rotatable bonds is 5. The number of fused-ring (bicyclic) bond motifs is 1. The highest BCUT2D eigenvalue weighted by Gasteiger charge is 2.14. The maximum absolute atomic E-state index is 12.3. The van der Waals surface area contributed by atoms with Gasteiger partial charge in [0.1, 0.15) is 12.1 Å². The van der Waals surface area contributed by atoms with Gasteiger partial charge in [0.25, 0.3) is 5.56 Å². The van der Waals surface area contributed by atoms with Crippen molar-refractivity contribution in [3.8, 4) is 0 Å². The van der Waals surface area contributed by atoms with Crippen LogP contribution in [0.1, 0.15) is 5.76 Å². The summed E-state index contributed by atoms with van der Waals surface area (Å²) in [6, 6.07) is 3.64. The van der Waals surface area contributed by atoms with Crippen LogP contribution < -0.4 is 5.56 Å². The van der Waals surface area contributed by atoms with E-state index in [-0.39, 0.29) is 23.6 Å². The van der Waals surface area contributed by atoms with Gasteiger partial charge in [-0.25, -0.2) is 15.0 Å². The lowest BCUT2D eigenvalue weighted by molar-refractivity contribution is 0.203. The highest BCUT2D eigenvalue weighted by molar-refractivity contribution is 5.66. The van der Waals surface area contributed by atoms with Gasteiger partial charge < -0.3 is 9.52 Å². The topological polar surface area (TPSA) is 94.0 Å². The van der Waals surface area contributed by atoms with E-state index in [9.17, 15) is 9.90 Å². The fraction of sp³-hybridized carbons (Fsp3) is 0.286. The Labute approximate surface area is 119 Å². The van der Waals surface area contributed by atoms with Gasteiger partial charge >= 0.3 is 0 Å². The molecule has 3 rings (SSSR count). The van der Waals surface area contributed by atoms with E-state index < -0.39 is 0 Å². The SMILES string of the molecule is O=c1c2nccnc2ncn1C[C@H](CO)Cc1ccco1. The number of aliphatic hydroxyl groups excluding tert-OH is 1. The summed E-state index contributed by atoms with van der Waals surface area (Å²) in [5.41, 5.74) is 0.297. The molecule has 0 bridgehead atoms. The summed E-state index contributed by atoms with van der Waals surface area (Å²) in [6.07, 6.45) is 6.52. The van der Waals surface area contributed by atoms with E-state index >= 15 is 0 Å². The molecule has 1 atom stereocenters. The lowest BCUT2D eigenvalue weighted by atomic mass is 10.1. The average Bonchev–Trinajstić information content (AvgIpc) is 3.02. The van der Waals surface area contributed by atoms with Gasteiger partial charge in [0.05, 0.1) is 6.26 Å².